The lowest BCUT2D eigenvalue weighted by molar-refractivity contribution is -0.384. The van der Waals surface area contributed by atoms with Gasteiger partial charge in [0.1, 0.15) is 11.5 Å². The minimum Gasteiger partial charge on any atom is -0.455 e. The zero-order chi connectivity index (χ0) is 25.5. The Balaban J connectivity index is 1.34. The van der Waals surface area contributed by atoms with Crippen molar-refractivity contribution < 1.29 is 9.34 Å². The molecule has 11 heteroatoms. The van der Waals surface area contributed by atoms with E-state index >= 15 is 0 Å². The summed E-state index contributed by atoms with van der Waals surface area (Å²) in [6.45, 7) is 0. The molecule has 5 aromatic rings. The van der Waals surface area contributed by atoms with Crippen LogP contribution in [0.5, 0.6) is 0 Å². The minimum absolute atomic E-state index is 0.0135. The van der Waals surface area contributed by atoms with Crippen LogP contribution in [0.15, 0.2) is 107 Å². The van der Waals surface area contributed by atoms with E-state index in [1.165, 1.54) is 18.3 Å². The van der Waals surface area contributed by atoms with Crippen LogP contribution in [0.25, 0.3) is 11.3 Å². The second kappa shape index (κ2) is 10.8. The summed E-state index contributed by atoms with van der Waals surface area (Å²) in [6, 6.07) is 28.7. The number of nitro groups is 1. The van der Waals surface area contributed by atoms with Gasteiger partial charge in [0.15, 0.2) is 0 Å². The number of para-hydroxylation sites is 2. The number of nitrogens with zero attached hydrogens (tertiary/aromatic N) is 5. The predicted molar refractivity (Wildman–Crippen MR) is 141 cm³/mol. The van der Waals surface area contributed by atoms with Gasteiger partial charge in [0.2, 0.25) is 17.8 Å². The molecule has 3 aromatic carbocycles. The second-order valence-electron chi connectivity index (χ2n) is 7.67. The number of aromatic nitrogens is 3. The van der Waals surface area contributed by atoms with Gasteiger partial charge in [-0.05, 0) is 36.4 Å². The van der Waals surface area contributed by atoms with E-state index in [1.807, 2.05) is 60.7 Å². The second-order valence-corrected chi connectivity index (χ2v) is 7.67. The van der Waals surface area contributed by atoms with E-state index in [0.717, 1.165) is 11.4 Å². The molecule has 182 valence electrons. The number of benzene rings is 3. The summed E-state index contributed by atoms with van der Waals surface area (Å²) in [6.07, 6.45) is 1.46. The maximum Gasteiger partial charge on any atom is 0.270 e. The summed E-state index contributed by atoms with van der Waals surface area (Å²) in [7, 11) is 0. The number of non-ortho nitro benzene ring substituents is 1. The van der Waals surface area contributed by atoms with E-state index in [0.29, 0.717) is 29.0 Å². The highest BCUT2D eigenvalue weighted by Crippen LogP contribution is 2.25. The Bertz CT molecular complexity index is 1480. The van der Waals surface area contributed by atoms with Gasteiger partial charge in [-0.25, -0.2) is 5.43 Å². The number of hydrogen-bond donors (Lipinski definition) is 3. The maximum atomic E-state index is 11.0. The number of anilines is 5. The molecular weight excluding hydrogens is 472 g/mol. The third-order valence-corrected chi connectivity index (χ3v) is 5.02. The lowest BCUT2D eigenvalue weighted by Gasteiger charge is -2.10. The molecule has 0 bridgehead atoms. The average molecular weight is 492 g/mol. The quantitative estimate of drug-likeness (QED) is 0.129. The molecule has 3 N–H and O–H groups in total. The van der Waals surface area contributed by atoms with E-state index in [9.17, 15) is 10.1 Å². The molecule has 2 heterocycles. The van der Waals surface area contributed by atoms with Crippen molar-refractivity contribution in [2.24, 2.45) is 5.10 Å². The first kappa shape index (κ1) is 23.2. The molecule has 0 aliphatic carbocycles. The van der Waals surface area contributed by atoms with Crippen LogP contribution in [0.2, 0.25) is 0 Å². The van der Waals surface area contributed by atoms with Gasteiger partial charge in [-0.1, -0.05) is 48.5 Å². The van der Waals surface area contributed by atoms with Crippen LogP contribution in [-0.4, -0.2) is 26.1 Å². The van der Waals surface area contributed by atoms with Crippen LogP contribution in [0.1, 0.15) is 5.76 Å². The summed E-state index contributed by atoms with van der Waals surface area (Å²) in [4.78, 5) is 23.8. The van der Waals surface area contributed by atoms with Crippen LogP contribution in [0.3, 0.4) is 0 Å². The van der Waals surface area contributed by atoms with Crippen molar-refractivity contribution in [1.29, 1.82) is 0 Å². The molecule has 2 aromatic heterocycles. The standard InChI is InChI=1S/C26H20N8O3/c35-34(36)21-13-7-8-18(16-21)23-15-14-22(37-23)17-27-33-26-31-24(28-19-9-3-1-4-10-19)30-25(32-26)29-20-11-5-2-6-12-20/h1-17H,(H3,28,29,30,31,32,33)/b27-17-. The van der Waals surface area contributed by atoms with Crippen LogP contribution < -0.4 is 16.1 Å². The highest BCUT2D eigenvalue weighted by molar-refractivity contribution is 5.78. The van der Waals surface area contributed by atoms with Crippen molar-refractivity contribution >= 4 is 41.1 Å². The Labute approximate surface area is 211 Å². The fraction of sp³-hybridized carbons (Fsp3) is 0. The Morgan fingerprint density at radius 1 is 0.757 bits per heavy atom. The third kappa shape index (κ3) is 6.11. The minimum atomic E-state index is -0.449. The predicted octanol–water partition coefficient (Wildman–Crippen LogP) is 5.97. The monoisotopic (exact) mass is 492 g/mol. The summed E-state index contributed by atoms with van der Waals surface area (Å²) < 4.78 is 5.76. The van der Waals surface area contributed by atoms with Gasteiger partial charge in [0.25, 0.3) is 5.69 Å². The number of hydrogen-bond acceptors (Lipinski definition) is 10. The van der Waals surface area contributed by atoms with Crippen molar-refractivity contribution in [3.05, 3.63) is 113 Å². The van der Waals surface area contributed by atoms with Crippen molar-refractivity contribution in [2.45, 2.75) is 0 Å². The van der Waals surface area contributed by atoms with Crippen LogP contribution in [0, 0.1) is 10.1 Å². The Morgan fingerprint density at radius 2 is 1.38 bits per heavy atom. The zero-order valence-electron chi connectivity index (χ0n) is 19.3. The third-order valence-electron chi connectivity index (χ3n) is 5.02. The number of nitrogens with one attached hydrogen (secondary N) is 3. The molecule has 0 saturated heterocycles. The topological polar surface area (TPSA) is 143 Å². The van der Waals surface area contributed by atoms with Gasteiger partial charge in [-0.2, -0.15) is 20.1 Å². The van der Waals surface area contributed by atoms with Gasteiger partial charge < -0.3 is 15.1 Å². The number of rotatable bonds is 9. The van der Waals surface area contributed by atoms with E-state index in [4.69, 9.17) is 4.42 Å². The zero-order valence-corrected chi connectivity index (χ0v) is 19.3. The molecular formula is C26H20N8O3. The molecule has 37 heavy (non-hydrogen) atoms. The van der Waals surface area contributed by atoms with Crippen molar-refractivity contribution in [2.75, 3.05) is 16.1 Å². The van der Waals surface area contributed by atoms with E-state index in [1.54, 1.807) is 24.3 Å². The van der Waals surface area contributed by atoms with Crippen molar-refractivity contribution in [3.8, 4) is 11.3 Å². The molecule has 0 amide bonds. The Kier molecular flexibility index (Phi) is 6.75. The number of furan rings is 1. The molecule has 0 unspecified atom stereocenters. The van der Waals surface area contributed by atoms with Crippen LogP contribution >= 0.6 is 0 Å². The van der Waals surface area contributed by atoms with E-state index in [2.05, 4.69) is 36.1 Å². The molecule has 0 aliphatic heterocycles. The summed E-state index contributed by atoms with van der Waals surface area (Å²) >= 11 is 0. The fourth-order valence-corrected chi connectivity index (χ4v) is 3.34. The van der Waals surface area contributed by atoms with Crippen LogP contribution in [-0.2, 0) is 0 Å². The Morgan fingerprint density at radius 3 is 2.00 bits per heavy atom. The lowest BCUT2D eigenvalue weighted by Crippen LogP contribution is -2.07. The first-order chi connectivity index (χ1) is 18.1. The van der Waals surface area contributed by atoms with Gasteiger partial charge >= 0.3 is 0 Å². The molecule has 0 radical (unpaired) electrons. The molecule has 0 fully saturated rings. The summed E-state index contributed by atoms with van der Waals surface area (Å²) in [5, 5.41) is 21.5. The van der Waals surface area contributed by atoms with Crippen molar-refractivity contribution in [1.82, 2.24) is 15.0 Å². The molecule has 0 atom stereocenters. The fourth-order valence-electron chi connectivity index (χ4n) is 3.34. The first-order valence-corrected chi connectivity index (χ1v) is 11.2. The van der Waals surface area contributed by atoms with E-state index in [-0.39, 0.29) is 11.6 Å². The van der Waals surface area contributed by atoms with Crippen LogP contribution in [0.4, 0.5) is 34.9 Å². The lowest BCUT2D eigenvalue weighted by atomic mass is 10.1. The maximum absolute atomic E-state index is 11.0. The number of hydrazone groups is 1. The molecule has 5 rings (SSSR count). The molecule has 11 nitrogen and oxygen atoms in total. The number of nitro benzene ring substituents is 1. The highest BCUT2D eigenvalue weighted by Gasteiger charge is 2.10. The molecule has 0 aliphatic rings. The molecule has 0 spiro atoms. The smallest absolute Gasteiger partial charge is 0.270 e. The van der Waals surface area contributed by atoms with Gasteiger partial charge in [-0.3, -0.25) is 10.1 Å². The normalized spacial score (nSPS) is 10.8. The summed E-state index contributed by atoms with van der Waals surface area (Å²) in [5.74, 6) is 1.77. The SMILES string of the molecule is O=[N+]([O-])c1cccc(-c2ccc(/C=N\Nc3nc(Nc4ccccc4)nc(Nc4ccccc4)n3)o2)c1. The summed E-state index contributed by atoms with van der Waals surface area (Å²) in [5.41, 5.74) is 5.01. The molecule has 0 saturated carbocycles. The van der Waals surface area contributed by atoms with Gasteiger partial charge in [-0.15, -0.1) is 0 Å². The van der Waals surface area contributed by atoms with Gasteiger partial charge in [0.05, 0.1) is 11.1 Å². The Hall–Kier alpha value is -5.58. The van der Waals surface area contributed by atoms with Gasteiger partial charge in [0, 0.05) is 29.1 Å². The van der Waals surface area contributed by atoms with Crippen molar-refractivity contribution in [3.63, 3.8) is 0 Å². The van der Waals surface area contributed by atoms with E-state index < -0.39 is 4.92 Å². The first-order valence-electron chi connectivity index (χ1n) is 11.2. The highest BCUT2D eigenvalue weighted by atomic mass is 16.6. The largest absolute Gasteiger partial charge is 0.455 e. The average Bonchev–Trinajstić information content (AvgIpc) is 3.39.